The Balaban J connectivity index is 2.01. The molecule has 1 aromatic rings. The van der Waals surface area contributed by atoms with Crippen LogP contribution in [0, 0.1) is 12.8 Å². The second kappa shape index (κ2) is 5.54. The molecule has 1 aliphatic rings. The normalized spacial score (nSPS) is 23.6. The Labute approximate surface area is 107 Å². The molecule has 1 aromatic carbocycles. The van der Waals surface area contributed by atoms with Crippen molar-refractivity contribution >= 4 is 17.5 Å². The van der Waals surface area contributed by atoms with E-state index in [1.807, 2.05) is 31.2 Å². The van der Waals surface area contributed by atoms with E-state index >= 15 is 0 Å². The molecule has 1 fully saturated rings. The first-order valence-electron chi connectivity index (χ1n) is 6.14. The first-order chi connectivity index (χ1) is 8.20. The fourth-order valence-electron chi connectivity index (χ4n) is 2.45. The number of halogens is 1. The highest BCUT2D eigenvalue weighted by Crippen LogP contribution is 2.26. The maximum atomic E-state index is 12.1. The minimum Gasteiger partial charge on any atom is -0.349 e. The molecule has 1 N–H and O–H groups in total. The fraction of sp³-hybridized carbons (Fsp3) is 0.500. The lowest BCUT2D eigenvalue weighted by atomic mass is 10.1. The molecule has 0 saturated heterocycles. The predicted octanol–water partition coefficient (Wildman–Crippen LogP) is 3.13. The molecule has 0 aliphatic heterocycles. The average molecular weight is 252 g/mol. The van der Waals surface area contributed by atoms with Crippen molar-refractivity contribution in [3.05, 3.63) is 35.4 Å². The summed E-state index contributed by atoms with van der Waals surface area (Å²) in [5, 5.41) is 3.10. The summed E-state index contributed by atoms with van der Waals surface area (Å²) in [6, 6.07) is 7.93. The number of carbonyl (C=O) groups excluding carboxylic acids is 1. The summed E-state index contributed by atoms with van der Waals surface area (Å²) in [7, 11) is 0. The molecular formula is C14H18ClNO. The van der Waals surface area contributed by atoms with Gasteiger partial charge in [0.05, 0.1) is 0 Å². The third kappa shape index (κ3) is 3.01. The van der Waals surface area contributed by atoms with Gasteiger partial charge in [0.2, 0.25) is 0 Å². The van der Waals surface area contributed by atoms with Gasteiger partial charge in [-0.3, -0.25) is 4.79 Å². The third-order valence-corrected chi connectivity index (χ3v) is 3.85. The molecule has 2 unspecified atom stereocenters. The minimum atomic E-state index is 0.0238. The predicted molar refractivity (Wildman–Crippen MR) is 70.5 cm³/mol. The highest BCUT2D eigenvalue weighted by molar-refractivity contribution is 6.18. The monoisotopic (exact) mass is 251 g/mol. The van der Waals surface area contributed by atoms with E-state index in [-0.39, 0.29) is 11.9 Å². The van der Waals surface area contributed by atoms with E-state index in [1.54, 1.807) is 0 Å². The topological polar surface area (TPSA) is 29.1 Å². The van der Waals surface area contributed by atoms with Crippen LogP contribution in [0.3, 0.4) is 0 Å². The lowest BCUT2D eigenvalue weighted by Crippen LogP contribution is -2.37. The van der Waals surface area contributed by atoms with Gasteiger partial charge in [0.15, 0.2) is 0 Å². The number of carbonyl (C=O) groups is 1. The number of nitrogens with one attached hydrogen (secondary N) is 1. The van der Waals surface area contributed by atoms with Crippen LogP contribution in [-0.2, 0) is 0 Å². The molecule has 1 saturated carbocycles. The van der Waals surface area contributed by atoms with E-state index < -0.39 is 0 Å². The molecular weight excluding hydrogens is 234 g/mol. The minimum absolute atomic E-state index is 0.0238. The summed E-state index contributed by atoms with van der Waals surface area (Å²) in [5.74, 6) is 1.10. The van der Waals surface area contributed by atoms with Gasteiger partial charge >= 0.3 is 0 Å². The van der Waals surface area contributed by atoms with Crippen molar-refractivity contribution in [3.63, 3.8) is 0 Å². The molecule has 0 aromatic heterocycles. The highest BCUT2D eigenvalue weighted by atomic mass is 35.5. The van der Waals surface area contributed by atoms with E-state index in [2.05, 4.69) is 5.32 Å². The second-order valence-corrected chi connectivity index (χ2v) is 5.10. The molecule has 92 valence electrons. The van der Waals surface area contributed by atoms with Crippen molar-refractivity contribution in [3.8, 4) is 0 Å². The van der Waals surface area contributed by atoms with E-state index in [0.29, 0.717) is 11.8 Å². The average Bonchev–Trinajstić information content (AvgIpc) is 2.76. The number of aryl methyl sites for hydroxylation is 1. The van der Waals surface area contributed by atoms with Gasteiger partial charge in [-0.25, -0.2) is 0 Å². The number of alkyl halides is 1. The van der Waals surface area contributed by atoms with E-state index in [4.69, 9.17) is 11.6 Å². The first kappa shape index (κ1) is 12.4. The molecule has 2 rings (SSSR count). The van der Waals surface area contributed by atoms with E-state index in [1.165, 1.54) is 0 Å². The molecule has 1 aliphatic carbocycles. The molecule has 3 heteroatoms. The van der Waals surface area contributed by atoms with Gasteiger partial charge in [-0.15, -0.1) is 11.6 Å². The van der Waals surface area contributed by atoms with Crippen LogP contribution in [0.25, 0.3) is 0 Å². The SMILES string of the molecule is Cc1cccc(C(=O)NC2CCCC2CCl)c1. The Morgan fingerprint density at radius 2 is 2.29 bits per heavy atom. The first-order valence-corrected chi connectivity index (χ1v) is 6.67. The zero-order valence-electron chi connectivity index (χ0n) is 10.1. The highest BCUT2D eigenvalue weighted by Gasteiger charge is 2.27. The number of benzene rings is 1. The Morgan fingerprint density at radius 3 is 3.00 bits per heavy atom. The molecule has 0 spiro atoms. The number of amides is 1. The van der Waals surface area contributed by atoms with Crippen molar-refractivity contribution in [1.82, 2.24) is 5.32 Å². The lowest BCUT2D eigenvalue weighted by molar-refractivity contribution is 0.0930. The Bertz CT molecular complexity index is 405. The Hall–Kier alpha value is -1.02. The lowest BCUT2D eigenvalue weighted by Gasteiger charge is -2.18. The van der Waals surface area contributed by atoms with Gasteiger partial charge in [-0.05, 0) is 37.8 Å². The number of rotatable bonds is 3. The molecule has 0 radical (unpaired) electrons. The summed E-state index contributed by atoms with van der Waals surface area (Å²) in [4.78, 5) is 12.1. The third-order valence-electron chi connectivity index (χ3n) is 3.45. The zero-order valence-corrected chi connectivity index (χ0v) is 10.8. The van der Waals surface area contributed by atoms with Crippen molar-refractivity contribution in [2.45, 2.75) is 32.2 Å². The smallest absolute Gasteiger partial charge is 0.251 e. The molecule has 0 bridgehead atoms. The summed E-state index contributed by atoms with van der Waals surface area (Å²) in [6.45, 7) is 1.99. The number of hydrogen-bond donors (Lipinski definition) is 1. The van der Waals surface area contributed by atoms with E-state index in [0.717, 1.165) is 30.4 Å². The largest absolute Gasteiger partial charge is 0.349 e. The maximum absolute atomic E-state index is 12.1. The van der Waals surface area contributed by atoms with E-state index in [9.17, 15) is 4.79 Å². The van der Waals surface area contributed by atoms with Crippen LogP contribution >= 0.6 is 11.6 Å². The van der Waals surface area contributed by atoms with Gasteiger partial charge in [0.25, 0.3) is 5.91 Å². The van der Waals surface area contributed by atoms with Gasteiger partial charge in [-0.1, -0.05) is 24.1 Å². The summed E-state index contributed by atoms with van der Waals surface area (Å²) < 4.78 is 0. The summed E-state index contributed by atoms with van der Waals surface area (Å²) >= 11 is 5.91. The van der Waals surface area contributed by atoms with Crippen LogP contribution in [0.4, 0.5) is 0 Å². The molecule has 0 heterocycles. The van der Waals surface area contributed by atoms with Crippen LogP contribution in [0.1, 0.15) is 35.2 Å². The van der Waals surface area contributed by atoms with Crippen LogP contribution in [-0.4, -0.2) is 17.8 Å². The van der Waals surface area contributed by atoms with Gasteiger partial charge in [0, 0.05) is 17.5 Å². The van der Waals surface area contributed by atoms with Crippen LogP contribution in [0.2, 0.25) is 0 Å². The van der Waals surface area contributed by atoms with Gasteiger partial charge < -0.3 is 5.32 Å². The van der Waals surface area contributed by atoms with Crippen molar-refractivity contribution in [2.24, 2.45) is 5.92 Å². The zero-order chi connectivity index (χ0) is 12.3. The van der Waals surface area contributed by atoms with Crippen molar-refractivity contribution < 1.29 is 4.79 Å². The van der Waals surface area contributed by atoms with Crippen LogP contribution in [0.5, 0.6) is 0 Å². The summed E-state index contributed by atoms with van der Waals surface area (Å²) in [5.41, 5.74) is 1.85. The molecule has 1 amide bonds. The maximum Gasteiger partial charge on any atom is 0.251 e. The second-order valence-electron chi connectivity index (χ2n) is 4.79. The molecule has 2 nitrogen and oxygen atoms in total. The standard InChI is InChI=1S/C14H18ClNO/c1-10-4-2-5-11(8-10)14(17)16-13-7-3-6-12(13)9-15/h2,4-5,8,12-13H,3,6-7,9H2,1H3,(H,16,17). The number of hydrogen-bond acceptors (Lipinski definition) is 1. The summed E-state index contributed by atoms with van der Waals surface area (Å²) in [6.07, 6.45) is 3.34. The molecule has 17 heavy (non-hydrogen) atoms. The Morgan fingerprint density at radius 1 is 1.47 bits per heavy atom. The fourth-order valence-corrected chi connectivity index (χ4v) is 2.82. The van der Waals surface area contributed by atoms with Gasteiger partial charge in [-0.2, -0.15) is 0 Å². The van der Waals surface area contributed by atoms with Crippen molar-refractivity contribution in [2.75, 3.05) is 5.88 Å². The Kier molecular flexibility index (Phi) is 4.06. The van der Waals surface area contributed by atoms with Crippen LogP contribution in [0.15, 0.2) is 24.3 Å². The quantitative estimate of drug-likeness (QED) is 0.822. The van der Waals surface area contributed by atoms with Crippen LogP contribution < -0.4 is 5.32 Å². The molecule has 2 atom stereocenters. The van der Waals surface area contributed by atoms with Gasteiger partial charge in [0.1, 0.15) is 0 Å². The van der Waals surface area contributed by atoms with Crippen molar-refractivity contribution in [1.29, 1.82) is 0 Å².